The highest BCUT2D eigenvalue weighted by Gasteiger charge is 2.34. The summed E-state index contributed by atoms with van der Waals surface area (Å²) < 4.78 is 51.2. The first kappa shape index (κ1) is 34.9. The Morgan fingerprint density at radius 3 is 2.64 bits per heavy atom. The lowest BCUT2D eigenvalue weighted by molar-refractivity contribution is -0.138. The molecule has 1 N–H and O–H groups in total. The number of hydrogen-bond acceptors (Lipinski definition) is 7. The maximum Gasteiger partial charge on any atom is 0.416 e. The number of likely N-dealkylation sites (N-methyl/N-ethyl adjacent to an activating group) is 1. The Morgan fingerprint density at radius 2 is 1.86 bits per heavy atom. The predicted molar refractivity (Wildman–Crippen MR) is 187 cm³/mol. The van der Waals surface area contributed by atoms with E-state index in [9.17, 15) is 18.0 Å². The fourth-order valence-electron chi connectivity index (χ4n) is 6.01. The SMILES string of the molecule is COCCCn1cc(Nc2cccn3c(C#Cc4cc(C(=O)Cc5ccc(CN6CCN(C)CC6)c(C(F)(F)F)c5)ccc4C)cnc23)cn1. The lowest BCUT2D eigenvalue weighted by atomic mass is 9.96. The van der Waals surface area contributed by atoms with Crippen LogP contribution in [-0.4, -0.2) is 81.7 Å². The number of aromatic nitrogens is 4. The molecule has 0 unspecified atom stereocenters. The monoisotopic (exact) mass is 683 g/mol. The Hall–Kier alpha value is -4.96. The molecule has 12 heteroatoms. The van der Waals surface area contributed by atoms with Gasteiger partial charge in [0.25, 0.3) is 0 Å². The lowest BCUT2D eigenvalue weighted by Crippen LogP contribution is -2.44. The van der Waals surface area contributed by atoms with Gasteiger partial charge in [-0.2, -0.15) is 18.3 Å². The zero-order valence-electron chi connectivity index (χ0n) is 28.4. The van der Waals surface area contributed by atoms with Crippen molar-refractivity contribution in [2.24, 2.45) is 0 Å². The molecule has 0 bridgehead atoms. The molecule has 3 aromatic heterocycles. The van der Waals surface area contributed by atoms with Gasteiger partial charge in [-0.05, 0) is 67.3 Å². The number of hydrogen-bond donors (Lipinski definition) is 1. The molecule has 5 aromatic rings. The molecule has 260 valence electrons. The average Bonchev–Trinajstić information content (AvgIpc) is 3.73. The number of pyridine rings is 1. The van der Waals surface area contributed by atoms with Gasteiger partial charge in [-0.3, -0.25) is 18.8 Å². The van der Waals surface area contributed by atoms with Crippen LogP contribution in [0.2, 0.25) is 0 Å². The molecule has 1 fully saturated rings. The molecule has 0 radical (unpaired) electrons. The number of piperazine rings is 1. The number of nitrogens with zero attached hydrogens (tertiary/aromatic N) is 6. The smallest absolute Gasteiger partial charge is 0.385 e. The lowest BCUT2D eigenvalue weighted by Gasteiger charge is -2.33. The van der Waals surface area contributed by atoms with Crippen LogP contribution in [0.3, 0.4) is 0 Å². The zero-order chi connectivity index (χ0) is 35.3. The molecule has 0 saturated carbocycles. The van der Waals surface area contributed by atoms with E-state index in [1.54, 1.807) is 37.7 Å². The van der Waals surface area contributed by atoms with Gasteiger partial charge in [-0.25, -0.2) is 4.98 Å². The Labute approximate surface area is 289 Å². The molecule has 0 amide bonds. The van der Waals surface area contributed by atoms with Gasteiger partial charge in [0, 0.05) is 82.9 Å². The van der Waals surface area contributed by atoms with Crippen LogP contribution in [0.25, 0.3) is 5.65 Å². The van der Waals surface area contributed by atoms with Crippen molar-refractivity contribution in [1.29, 1.82) is 0 Å². The van der Waals surface area contributed by atoms with Crippen molar-refractivity contribution in [2.75, 3.05) is 52.3 Å². The van der Waals surface area contributed by atoms with Gasteiger partial charge in [0.15, 0.2) is 11.4 Å². The molecule has 4 heterocycles. The molecular weight excluding hydrogens is 643 g/mol. The van der Waals surface area contributed by atoms with Crippen molar-refractivity contribution in [2.45, 2.75) is 39.0 Å². The van der Waals surface area contributed by atoms with Gasteiger partial charge >= 0.3 is 6.18 Å². The number of benzene rings is 2. The third-order valence-electron chi connectivity index (χ3n) is 8.90. The normalized spacial score (nSPS) is 14.1. The van der Waals surface area contributed by atoms with Crippen LogP contribution in [-0.2, 0) is 30.4 Å². The average molecular weight is 684 g/mol. The fourth-order valence-corrected chi connectivity index (χ4v) is 6.01. The second kappa shape index (κ2) is 15.3. The number of halogens is 3. The second-order valence-corrected chi connectivity index (χ2v) is 12.7. The number of Topliss-reactive ketones (excluding diaryl/α,β-unsaturated/α-hetero) is 1. The second-order valence-electron chi connectivity index (χ2n) is 12.7. The van der Waals surface area contributed by atoms with E-state index in [-0.39, 0.29) is 24.3 Å². The molecule has 0 atom stereocenters. The van der Waals surface area contributed by atoms with E-state index in [1.807, 2.05) is 58.5 Å². The van der Waals surface area contributed by atoms with E-state index >= 15 is 0 Å². The number of alkyl halides is 3. The number of aryl methyl sites for hydroxylation is 2. The Morgan fingerprint density at radius 1 is 1.04 bits per heavy atom. The summed E-state index contributed by atoms with van der Waals surface area (Å²) in [5.74, 6) is 6.08. The Kier molecular flexibility index (Phi) is 10.7. The van der Waals surface area contributed by atoms with Crippen molar-refractivity contribution in [3.63, 3.8) is 0 Å². The molecular formula is C38H40F3N7O2. The maximum absolute atomic E-state index is 14.1. The fraction of sp³-hybridized carbons (Fsp3) is 0.342. The summed E-state index contributed by atoms with van der Waals surface area (Å²) in [6, 6.07) is 13.3. The van der Waals surface area contributed by atoms with Gasteiger partial charge in [0.2, 0.25) is 0 Å². The summed E-state index contributed by atoms with van der Waals surface area (Å²) in [7, 11) is 3.69. The minimum absolute atomic E-state index is 0.150. The minimum Gasteiger partial charge on any atom is -0.385 e. The number of carbonyl (C=O) groups is 1. The first-order chi connectivity index (χ1) is 24.1. The maximum atomic E-state index is 14.1. The van der Waals surface area contributed by atoms with Crippen LogP contribution in [0.15, 0.2) is 73.3 Å². The van der Waals surface area contributed by atoms with Crippen molar-refractivity contribution in [3.05, 3.63) is 112 Å². The van der Waals surface area contributed by atoms with Gasteiger partial charge in [0.1, 0.15) is 5.69 Å². The van der Waals surface area contributed by atoms with Gasteiger partial charge in [0.05, 0.1) is 29.3 Å². The van der Waals surface area contributed by atoms with Gasteiger partial charge in [-0.1, -0.05) is 30.2 Å². The molecule has 1 aliphatic heterocycles. The first-order valence-electron chi connectivity index (χ1n) is 16.6. The van der Waals surface area contributed by atoms with E-state index < -0.39 is 11.7 Å². The quantitative estimate of drug-likeness (QED) is 0.101. The van der Waals surface area contributed by atoms with Crippen LogP contribution in [0, 0.1) is 18.8 Å². The van der Waals surface area contributed by atoms with Crippen molar-refractivity contribution >= 4 is 22.8 Å². The molecule has 9 nitrogen and oxygen atoms in total. The van der Waals surface area contributed by atoms with Gasteiger partial charge in [-0.15, -0.1) is 0 Å². The number of nitrogens with one attached hydrogen (secondary N) is 1. The van der Waals surface area contributed by atoms with E-state index in [4.69, 9.17) is 4.74 Å². The van der Waals surface area contributed by atoms with E-state index in [0.717, 1.165) is 49.1 Å². The molecule has 1 saturated heterocycles. The standard InChI is InChI=1S/C38H40F3N7O2/c1-27-7-9-30(36(49)21-28-8-10-31(34(20-28)38(39,40)41)25-46-17-15-45(2)16-18-46)22-29(27)11-12-33-24-42-37-35(6-4-14-48(33)37)44-32-23-43-47(26-32)13-5-19-50-3/h4,6-10,14,20,22-24,26,44H,5,13,15-19,21,25H2,1-3H3. The number of methoxy groups -OCH3 is 1. The number of anilines is 2. The summed E-state index contributed by atoms with van der Waals surface area (Å²) in [5, 5.41) is 7.78. The number of rotatable bonds is 11. The zero-order valence-corrected chi connectivity index (χ0v) is 28.4. The third kappa shape index (κ3) is 8.42. The Bertz CT molecular complexity index is 2030. The molecule has 0 aliphatic carbocycles. The topological polar surface area (TPSA) is 79.9 Å². The minimum atomic E-state index is -4.52. The van der Waals surface area contributed by atoms with Crippen molar-refractivity contribution in [1.82, 2.24) is 29.0 Å². The number of carbonyl (C=O) groups excluding carboxylic acids is 1. The highest BCUT2D eigenvalue weighted by molar-refractivity contribution is 5.98. The van der Waals surface area contributed by atoms with Crippen molar-refractivity contribution in [3.8, 4) is 11.8 Å². The summed E-state index contributed by atoms with van der Waals surface area (Å²) in [6.45, 7) is 6.60. The molecule has 1 aliphatic rings. The highest BCUT2D eigenvalue weighted by atomic mass is 19.4. The van der Waals surface area contributed by atoms with Crippen LogP contribution >= 0.6 is 0 Å². The summed E-state index contributed by atoms with van der Waals surface area (Å²) in [4.78, 5) is 22.2. The molecule has 6 rings (SSSR count). The van der Waals surface area contributed by atoms with Crippen LogP contribution in [0.4, 0.5) is 24.5 Å². The Balaban J connectivity index is 1.17. The highest BCUT2D eigenvalue weighted by Crippen LogP contribution is 2.34. The molecule has 50 heavy (non-hydrogen) atoms. The van der Waals surface area contributed by atoms with E-state index in [0.29, 0.717) is 47.7 Å². The van der Waals surface area contributed by atoms with E-state index in [2.05, 4.69) is 32.1 Å². The largest absolute Gasteiger partial charge is 0.416 e. The number of ether oxygens (including phenoxy) is 1. The van der Waals surface area contributed by atoms with Crippen LogP contribution in [0.5, 0.6) is 0 Å². The number of ketones is 1. The summed E-state index contributed by atoms with van der Waals surface area (Å²) in [5.41, 5.74) is 4.77. The van der Waals surface area contributed by atoms with Crippen LogP contribution in [0.1, 0.15) is 50.3 Å². The summed E-state index contributed by atoms with van der Waals surface area (Å²) in [6.07, 6.45) is 3.46. The first-order valence-corrected chi connectivity index (χ1v) is 16.6. The molecule has 2 aromatic carbocycles. The predicted octanol–water partition coefficient (Wildman–Crippen LogP) is 6.21. The molecule has 0 spiro atoms. The van der Waals surface area contributed by atoms with Gasteiger partial charge < -0.3 is 15.0 Å². The number of fused-ring (bicyclic) bond motifs is 1. The number of imidazole rings is 1. The third-order valence-corrected chi connectivity index (χ3v) is 8.90. The summed E-state index contributed by atoms with van der Waals surface area (Å²) >= 11 is 0. The van der Waals surface area contributed by atoms with E-state index in [1.165, 1.54) is 6.07 Å². The van der Waals surface area contributed by atoms with Crippen LogP contribution < -0.4 is 5.32 Å². The van der Waals surface area contributed by atoms with Crippen molar-refractivity contribution < 1.29 is 22.7 Å².